The summed E-state index contributed by atoms with van der Waals surface area (Å²) in [6.45, 7) is 1.79. The second kappa shape index (κ2) is 5.64. The Bertz CT molecular complexity index is 636. The van der Waals surface area contributed by atoms with Gasteiger partial charge in [0.15, 0.2) is 5.69 Å². The van der Waals surface area contributed by atoms with Crippen LogP contribution < -0.4 is 0 Å². The predicted octanol–water partition coefficient (Wildman–Crippen LogP) is 0.923. The Morgan fingerprint density at radius 2 is 2.00 bits per heavy atom. The van der Waals surface area contributed by atoms with Gasteiger partial charge in [0.25, 0.3) is 0 Å². The van der Waals surface area contributed by atoms with Gasteiger partial charge in [0.05, 0.1) is 0 Å². The van der Waals surface area contributed by atoms with E-state index in [1.54, 1.807) is 0 Å². The van der Waals surface area contributed by atoms with Gasteiger partial charge >= 0.3 is 12.1 Å². The Morgan fingerprint density at radius 1 is 1.48 bits per heavy atom. The average Bonchev–Trinajstić information content (AvgIpc) is 2.68. The lowest BCUT2D eigenvalue weighted by molar-refractivity contribution is -0.143. The Labute approximate surface area is 119 Å². The largest absolute Gasteiger partial charge is 0.480 e. The number of halogens is 3. The second-order valence-electron chi connectivity index (χ2n) is 4.55. The van der Waals surface area contributed by atoms with Crippen molar-refractivity contribution in [3.8, 4) is 0 Å². The maximum absolute atomic E-state index is 12.8. The molecule has 1 aromatic heterocycles. The molecule has 0 aliphatic rings. The van der Waals surface area contributed by atoms with Crippen LogP contribution in [0, 0.1) is 0 Å². The number of hydrogen-bond donors (Lipinski definition) is 1. The summed E-state index contributed by atoms with van der Waals surface area (Å²) in [4.78, 5) is 9.67. The molecule has 0 spiro atoms. The SMILES string of the molecule is CC(C)N(CC(=O)O)S(=O)(=O)c1cn(C)nc1C(F)(F)F. The van der Waals surface area contributed by atoms with Crippen molar-refractivity contribution in [3.05, 3.63) is 11.9 Å². The van der Waals surface area contributed by atoms with Crippen LogP contribution in [0.5, 0.6) is 0 Å². The molecule has 1 rings (SSSR count). The third kappa shape index (κ3) is 3.73. The standard InChI is InChI=1S/C10H14F3N3O4S/c1-6(2)16(5-8(17)18)21(19,20)7-4-15(3)14-9(7)10(11,12)13/h4,6H,5H2,1-3H3,(H,17,18). The Balaban J connectivity index is 3.46. The lowest BCUT2D eigenvalue weighted by Gasteiger charge is -2.24. The first kappa shape index (κ1) is 17.4. The normalized spacial score (nSPS) is 13.1. The van der Waals surface area contributed by atoms with Crippen LogP contribution in [-0.4, -0.2) is 46.2 Å². The van der Waals surface area contributed by atoms with Crippen molar-refractivity contribution >= 4 is 16.0 Å². The minimum atomic E-state index is -4.96. The molecular weight excluding hydrogens is 315 g/mol. The molecule has 0 aliphatic heterocycles. The minimum Gasteiger partial charge on any atom is -0.480 e. The van der Waals surface area contributed by atoms with Crippen LogP contribution >= 0.6 is 0 Å². The Hall–Kier alpha value is -1.62. The molecule has 21 heavy (non-hydrogen) atoms. The quantitative estimate of drug-likeness (QED) is 0.867. The molecule has 1 aromatic rings. The van der Waals surface area contributed by atoms with E-state index in [1.165, 1.54) is 13.8 Å². The zero-order valence-electron chi connectivity index (χ0n) is 11.4. The molecule has 0 radical (unpaired) electrons. The molecule has 0 aromatic carbocycles. The molecule has 0 atom stereocenters. The molecule has 1 N–H and O–H groups in total. The second-order valence-corrected chi connectivity index (χ2v) is 6.41. The molecule has 0 unspecified atom stereocenters. The molecule has 0 fully saturated rings. The van der Waals surface area contributed by atoms with E-state index in [2.05, 4.69) is 5.10 Å². The van der Waals surface area contributed by atoms with Gasteiger partial charge in [0, 0.05) is 19.3 Å². The Morgan fingerprint density at radius 3 is 2.38 bits per heavy atom. The number of aromatic nitrogens is 2. The molecule has 0 saturated carbocycles. The van der Waals surface area contributed by atoms with Gasteiger partial charge in [0.1, 0.15) is 11.4 Å². The zero-order valence-corrected chi connectivity index (χ0v) is 12.2. The van der Waals surface area contributed by atoms with E-state index >= 15 is 0 Å². The summed E-state index contributed by atoms with van der Waals surface area (Å²) in [6.07, 6.45) is -4.26. The minimum absolute atomic E-state index is 0.474. The van der Waals surface area contributed by atoms with Crippen molar-refractivity contribution in [1.29, 1.82) is 0 Å². The smallest absolute Gasteiger partial charge is 0.436 e. The van der Waals surface area contributed by atoms with Crippen molar-refractivity contribution < 1.29 is 31.5 Å². The van der Waals surface area contributed by atoms with Crippen LogP contribution in [0.2, 0.25) is 0 Å². The van der Waals surface area contributed by atoms with E-state index in [9.17, 15) is 26.4 Å². The van der Waals surface area contributed by atoms with Crippen LogP contribution in [0.4, 0.5) is 13.2 Å². The van der Waals surface area contributed by atoms with Gasteiger partial charge in [-0.05, 0) is 13.8 Å². The highest BCUT2D eigenvalue weighted by Crippen LogP contribution is 2.34. The van der Waals surface area contributed by atoms with E-state index in [-0.39, 0.29) is 0 Å². The lowest BCUT2D eigenvalue weighted by atomic mass is 10.4. The summed E-state index contributed by atoms with van der Waals surface area (Å²) in [5.74, 6) is -1.47. The number of aryl methyl sites for hydroxylation is 1. The first-order valence-electron chi connectivity index (χ1n) is 5.72. The monoisotopic (exact) mass is 329 g/mol. The summed E-state index contributed by atoms with van der Waals surface area (Å²) < 4.78 is 64.3. The molecule has 1 heterocycles. The van der Waals surface area contributed by atoms with Crippen LogP contribution in [0.25, 0.3) is 0 Å². The highest BCUT2D eigenvalue weighted by atomic mass is 32.2. The third-order valence-electron chi connectivity index (χ3n) is 2.52. The summed E-state index contributed by atoms with van der Waals surface area (Å²) in [5, 5.41) is 11.8. The molecule has 120 valence electrons. The number of sulfonamides is 1. The van der Waals surface area contributed by atoms with Gasteiger partial charge < -0.3 is 5.11 Å². The average molecular weight is 329 g/mol. The van der Waals surface area contributed by atoms with Crippen molar-refractivity contribution in [1.82, 2.24) is 14.1 Å². The van der Waals surface area contributed by atoms with E-state index in [0.29, 0.717) is 10.5 Å². The fourth-order valence-corrected chi connectivity index (χ4v) is 3.43. The van der Waals surface area contributed by atoms with Gasteiger partial charge in [-0.3, -0.25) is 9.48 Å². The molecule has 0 bridgehead atoms. The Kier molecular flexibility index (Phi) is 4.68. The van der Waals surface area contributed by atoms with Crippen LogP contribution in [0.15, 0.2) is 11.1 Å². The number of nitrogens with zero attached hydrogens (tertiary/aromatic N) is 3. The molecule has 11 heteroatoms. The van der Waals surface area contributed by atoms with Gasteiger partial charge in [0.2, 0.25) is 10.0 Å². The zero-order chi connectivity index (χ0) is 16.6. The highest BCUT2D eigenvalue weighted by Gasteiger charge is 2.43. The van der Waals surface area contributed by atoms with Crippen molar-refractivity contribution in [2.24, 2.45) is 7.05 Å². The number of carboxylic acid groups (broad SMARTS) is 1. The third-order valence-corrected chi connectivity index (χ3v) is 4.54. The van der Waals surface area contributed by atoms with Crippen molar-refractivity contribution in [3.63, 3.8) is 0 Å². The first-order valence-corrected chi connectivity index (χ1v) is 7.16. The molecule has 0 amide bonds. The maximum Gasteiger partial charge on any atom is 0.436 e. The van der Waals surface area contributed by atoms with E-state index in [0.717, 1.165) is 11.7 Å². The highest BCUT2D eigenvalue weighted by molar-refractivity contribution is 7.89. The van der Waals surface area contributed by atoms with E-state index in [1.807, 2.05) is 0 Å². The number of rotatable bonds is 5. The van der Waals surface area contributed by atoms with Gasteiger partial charge in [-0.25, -0.2) is 8.42 Å². The number of alkyl halides is 3. The van der Waals surface area contributed by atoms with Crippen LogP contribution in [0.3, 0.4) is 0 Å². The van der Waals surface area contributed by atoms with Gasteiger partial charge in [-0.15, -0.1) is 0 Å². The maximum atomic E-state index is 12.8. The molecule has 0 saturated heterocycles. The topological polar surface area (TPSA) is 92.5 Å². The number of aliphatic carboxylic acids is 1. The number of carboxylic acids is 1. The predicted molar refractivity (Wildman–Crippen MR) is 64.9 cm³/mol. The van der Waals surface area contributed by atoms with Crippen LogP contribution in [0.1, 0.15) is 19.5 Å². The van der Waals surface area contributed by atoms with Crippen molar-refractivity contribution in [2.45, 2.75) is 31.0 Å². The lowest BCUT2D eigenvalue weighted by Crippen LogP contribution is -2.41. The summed E-state index contributed by atoms with van der Waals surface area (Å²) in [7, 11) is -3.50. The fourth-order valence-electron chi connectivity index (χ4n) is 1.66. The van der Waals surface area contributed by atoms with Gasteiger partial charge in [-0.1, -0.05) is 0 Å². The van der Waals surface area contributed by atoms with E-state index < -0.39 is 45.3 Å². The molecule has 0 aliphatic carbocycles. The first-order chi connectivity index (χ1) is 9.37. The van der Waals surface area contributed by atoms with Crippen LogP contribution in [-0.2, 0) is 28.0 Å². The summed E-state index contributed by atoms with van der Waals surface area (Å²) in [6, 6.07) is -0.826. The van der Waals surface area contributed by atoms with Gasteiger partial charge in [-0.2, -0.15) is 22.6 Å². The van der Waals surface area contributed by atoms with Crippen molar-refractivity contribution in [2.75, 3.05) is 6.54 Å². The number of carbonyl (C=O) groups is 1. The molecular formula is C10H14F3N3O4S. The van der Waals surface area contributed by atoms with E-state index in [4.69, 9.17) is 5.11 Å². The summed E-state index contributed by atoms with van der Waals surface area (Å²) >= 11 is 0. The molecule has 7 nitrogen and oxygen atoms in total. The summed E-state index contributed by atoms with van der Waals surface area (Å²) in [5.41, 5.74) is -1.57. The number of hydrogen-bond acceptors (Lipinski definition) is 4. The fraction of sp³-hybridized carbons (Fsp3) is 0.600.